The average molecular weight is 380 g/mol. The van der Waals surface area contributed by atoms with Crippen LogP contribution >= 0.6 is 0 Å². The van der Waals surface area contributed by atoms with Gasteiger partial charge >= 0.3 is 0 Å². The lowest BCUT2D eigenvalue weighted by atomic mass is 9.97. The lowest BCUT2D eigenvalue weighted by Gasteiger charge is -2.25. The summed E-state index contributed by atoms with van der Waals surface area (Å²) in [5, 5.41) is 6.44. The molecule has 2 aromatic carbocycles. The standard InChI is InChI=1S/C23H29N3O2/c1-5-25(6-2)16-23(27)26-22(18-10-12-20(28-4)13-11-18)15-21(24-26)19-9-7-8-17(3)14-19/h7-14,22H,5-6,15-16H2,1-4H3. The van der Waals surface area contributed by atoms with Gasteiger partial charge in [0, 0.05) is 6.42 Å². The number of rotatable bonds is 7. The van der Waals surface area contributed by atoms with Gasteiger partial charge in [0.2, 0.25) is 0 Å². The van der Waals surface area contributed by atoms with Gasteiger partial charge in [-0.05, 0) is 43.3 Å². The highest BCUT2D eigenvalue weighted by Crippen LogP contribution is 2.33. The predicted molar refractivity (Wildman–Crippen MR) is 113 cm³/mol. The Hall–Kier alpha value is -2.66. The summed E-state index contributed by atoms with van der Waals surface area (Å²) >= 11 is 0. The highest BCUT2D eigenvalue weighted by Gasteiger charge is 2.33. The molecule has 1 heterocycles. The molecule has 3 rings (SSSR count). The Kier molecular flexibility index (Phi) is 6.47. The van der Waals surface area contributed by atoms with Crippen molar-refractivity contribution in [3.05, 3.63) is 65.2 Å². The second kappa shape index (κ2) is 9.02. The lowest BCUT2D eigenvalue weighted by molar-refractivity contribution is -0.134. The second-order valence-corrected chi connectivity index (χ2v) is 7.11. The Morgan fingerprint density at radius 3 is 2.50 bits per heavy atom. The third-order valence-electron chi connectivity index (χ3n) is 5.27. The van der Waals surface area contributed by atoms with Crippen molar-refractivity contribution in [1.29, 1.82) is 0 Å². The van der Waals surface area contributed by atoms with E-state index in [-0.39, 0.29) is 11.9 Å². The Morgan fingerprint density at radius 1 is 1.18 bits per heavy atom. The van der Waals surface area contributed by atoms with E-state index in [1.807, 2.05) is 30.3 Å². The van der Waals surface area contributed by atoms with Gasteiger partial charge in [-0.25, -0.2) is 5.01 Å². The number of carbonyl (C=O) groups excluding carboxylic acids is 1. The Bertz CT molecular complexity index is 841. The van der Waals surface area contributed by atoms with Crippen LogP contribution in [0.15, 0.2) is 53.6 Å². The van der Waals surface area contributed by atoms with Crippen molar-refractivity contribution in [2.24, 2.45) is 5.10 Å². The zero-order valence-electron chi connectivity index (χ0n) is 17.2. The second-order valence-electron chi connectivity index (χ2n) is 7.11. The molecule has 28 heavy (non-hydrogen) atoms. The van der Waals surface area contributed by atoms with Gasteiger partial charge < -0.3 is 4.74 Å². The summed E-state index contributed by atoms with van der Waals surface area (Å²) in [6.07, 6.45) is 0.708. The van der Waals surface area contributed by atoms with Crippen LogP contribution in [-0.2, 0) is 4.79 Å². The van der Waals surface area contributed by atoms with E-state index < -0.39 is 0 Å². The van der Waals surface area contributed by atoms with Crippen molar-refractivity contribution in [1.82, 2.24) is 9.91 Å². The van der Waals surface area contributed by atoms with Crippen LogP contribution in [-0.4, -0.2) is 48.3 Å². The highest BCUT2D eigenvalue weighted by molar-refractivity contribution is 6.03. The first-order chi connectivity index (χ1) is 13.5. The smallest absolute Gasteiger partial charge is 0.257 e. The van der Waals surface area contributed by atoms with Crippen molar-refractivity contribution in [3.63, 3.8) is 0 Å². The molecule has 0 fully saturated rings. The maximum atomic E-state index is 13.1. The summed E-state index contributed by atoms with van der Waals surface area (Å²) in [6, 6.07) is 16.1. The van der Waals surface area contributed by atoms with Gasteiger partial charge in [-0.3, -0.25) is 9.69 Å². The van der Waals surface area contributed by atoms with Gasteiger partial charge in [0.15, 0.2) is 0 Å². The van der Waals surface area contributed by atoms with Gasteiger partial charge in [0.25, 0.3) is 5.91 Å². The number of hydrazone groups is 1. The molecule has 0 aliphatic carbocycles. The van der Waals surface area contributed by atoms with Crippen LogP contribution in [0, 0.1) is 6.92 Å². The maximum absolute atomic E-state index is 13.1. The number of ether oxygens (including phenoxy) is 1. The van der Waals surface area contributed by atoms with Crippen LogP contribution in [0.1, 0.15) is 43.0 Å². The van der Waals surface area contributed by atoms with Crippen molar-refractivity contribution < 1.29 is 9.53 Å². The quantitative estimate of drug-likeness (QED) is 0.730. The molecule has 0 radical (unpaired) electrons. The molecule has 0 saturated carbocycles. The van der Waals surface area contributed by atoms with E-state index >= 15 is 0 Å². The Balaban J connectivity index is 1.91. The predicted octanol–water partition coefficient (Wildman–Crippen LogP) is 4.02. The molecule has 0 saturated heterocycles. The van der Waals surface area contributed by atoms with E-state index in [9.17, 15) is 4.79 Å². The first-order valence-electron chi connectivity index (χ1n) is 9.88. The van der Waals surface area contributed by atoms with Crippen LogP contribution in [0.4, 0.5) is 0 Å². The molecule has 5 heteroatoms. The van der Waals surface area contributed by atoms with Crippen LogP contribution in [0.25, 0.3) is 0 Å². The van der Waals surface area contributed by atoms with E-state index in [4.69, 9.17) is 9.84 Å². The summed E-state index contributed by atoms with van der Waals surface area (Å²) in [5.74, 6) is 0.842. The number of carbonyl (C=O) groups is 1. The lowest BCUT2D eigenvalue weighted by Crippen LogP contribution is -2.38. The summed E-state index contributed by atoms with van der Waals surface area (Å²) in [6.45, 7) is 8.29. The number of benzene rings is 2. The average Bonchev–Trinajstić information content (AvgIpc) is 3.17. The van der Waals surface area contributed by atoms with Crippen molar-refractivity contribution in [3.8, 4) is 5.75 Å². The van der Waals surface area contributed by atoms with E-state index in [2.05, 4.69) is 43.9 Å². The third-order valence-corrected chi connectivity index (χ3v) is 5.27. The molecule has 0 aromatic heterocycles. The van der Waals surface area contributed by atoms with E-state index in [1.54, 1.807) is 12.1 Å². The molecule has 0 spiro atoms. The van der Waals surface area contributed by atoms with E-state index in [0.29, 0.717) is 13.0 Å². The summed E-state index contributed by atoms with van der Waals surface area (Å²) in [5.41, 5.74) is 4.29. The minimum absolute atomic E-state index is 0.0344. The van der Waals surface area contributed by atoms with Crippen LogP contribution in [0.3, 0.4) is 0 Å². The summed E-state index contributed by atoms with van der Waals surface area (Å²) in [7, 11) is 1.66. The monoisotopic (exact) mass is 379 g/mol. The number of hydrogen-bond acceptors (Lipinski definition) is 4. The normalized spacial score (nSPS) is 16.4. The fourth-order valence-corrected chi connectivity index (χ4v) is 3.54. The zero-order chi connectivity index (χ0) is 20.1. The third kappa shape index (κ3) is 4.42. The molecule has 1 unspecified atom stereocenters. The summed E-state index contributed by atoms with van der Waals surface area (Å²) < 4.78 is 5.28. The van der Waals surface area contributed by atoms with Crippen LogP contribution in [0.2, 0.25) is 0 Å². The molecule has 1 aliphatic rings. The largest absolute Gasteiger partial charge is 0.497 e. The van der Waals surface area contributed by atoms with Gasteiger partial charge in [0.1, 0.15) is 5.75 Å². The molecule has 1 aliphatic heterocycles. The molecule has 1 amide bonds. The number of amides is 1. The number of nitrogens with zero attached hydrogens (tertiary/aromatic N) is 3. The maximum Gasteiger partial charge on any atom is 0.257 e. The Morgan fingerprint density at radius 2 is 1.89 bits per heavy atom. The fraction of sp³-hybridized carbons (Fsp3) is 0.391. The van der Waals surface area contributed by atoms with Crippen molar-refractivity contribution in [2.75, 3.05) is 26.7 Å². The number of likely N-dealkylation sites (N-methyl/N-ethyl adjacent to an activating group) is 1. The van der Waals surface area contributed by atoms with Gasteiger partial charge in [0.05, 0.1) is 25.4 Å². The molecule has 0 N–H and O–H groups in total. The molecular formula is C23H29N3O2. The minimum Gasteiger partial charge on any atom is -0.497 e. The number of methoxy groups -OCH3 is 1. The van der Waals surface area contributed by atoms with Crippen LogP contribution in [0.5, 0.6) is 5.75 Å². The molecule has 148 valence electrons. The molecule has 2 aromatic rings. The fourth-order valence-electron chi connectivity index (χ4n) is 3.54. The van der Waals surface area contributed by atoms with Gasteiger partial charge in [-0.2, -0.15) is 5.10 Å². The van der Waals surface area contributed by atoms with Crippen LogP contribution < -0.4 is 4.74 Å². The molecular weight excluding hydrogens is 350 g/mol. The van der Waals surface area contributed by atoms with Crippen molar-refractivity contribution >= 4 is 11.6 Å². The SMILES string of the molecule is CCN(CC)CC(=O)N1N=C(c2cccc(C)c2)CC1c1ccc(OC)cc1. The number of hydrogen-bond donors (Lipinski definition) is 0. The van der Waals surface area contributed by atoms with Crippen molar-refractivity contribution in [2.45, 2.75) is 33.2 Å². The van der Waals surface area contributed by atoms with E-state index in [1.165, 1.54) is 5.56 Å². The first kappa shape index (κ1) is 20.1. The molecule has 0 bridgehead atoms. The number of aryl methyl sites for hydroxylation is 1. The first-order valence-corrected chi connectivity index (χ1v) is 9.88. The molecule has 1 atom stereocenters. The summed E-state index contributed by atoms with van der Waals surface area (Å²) in [4.78, 5) is 15.2. The van der Waals surface area contributed by atoms with E-state index in [0.717, 1.165) is 35.7 Å². The highest BCUT2D eigenvalue weighted by atomic mass is 16.5. The van der Waals surface area contributed by atoms with Gasteiger partial charge in [-0.1, -0.05) is 55.8 Å². The van der Waals surface area contributed by atoms with Gasteiger partial charge in [-0.15, -0.1) is 0 Å². The molecule has 5 nitrogen and oxygen atoms in total. The minimum atomic E-state index is -0.0931. The zero-order valence-corrected chi connectivity index (χ0v) is 17.2. The topological polar surface area (TPSA) is 45.1 Å². The Labute approximate surface area is 167 Å².